The number of fused-ring (bicyclic) bond motifs is 1. The Balaban J connectivity index is 1.78. The van der Waals surface area contributed by atoms with Gasteiger partial charge in [0, 0.05) is 4.90 Å². The summed E-state index contributed by atoms with van der Waals surface area (Å²) in [6.07, 6.45) is 2.69. The van der Waals surface area contributed by atoms with E-state index >= 15 is 0 Å². The molecule has 0 amide bonds. The summed E-state index contributed by atoms with van der Waals surface area (Å²) in [6, 6.07) is 19.2. The number of hydrogen-bond acceptors (Lipinski definition) is 3. The van der Waals surface area contributed by atoms with Gasteiger partial charge in [0.1, 0.15) is 5.82 Å². The van der Waals surface area contributed by atoms with Gasteiger partial charge in [-0.05, 0) is 71.3 Å². The van der Waals surface area contributed by atoms with Crippen LogP contribution in [0.2, 0.25) is 0 Å². The lowest BCUT2D eigenvalue weighted by atomic mass is 9.94. The molecule has 0 unspecified atom stereocenters. The third-order valence-corrected chi connectivity index (χ3v) is 5.03. The molecule has 0 N–H and O–H groups in total. The van der Waals surface area contributed by atoms with Gasteiger partial charge >= 0.3 is 0 Å². The summed E-state index contributed by atoms with van der Waals surface area (Å²) in [7, 11) is 0. The Hall–Kier alpha value is -2.46. The van der Waals surface area contributed by atoms with Crippen LogP contribution >= 0.6 is 11.8 Å². The van der Waals surface area contributed by atoms with Crippen LogP contribution in [0.5, 0.6) is 11.5 Å². The van der Waals surface area contributed by atoms with Crippen LogP contribution in [0, 0.1) is 5.82 Å². The van der Waals surface area contributed by atoms with Gasteiger partial charge < -0.3 is 9.47 Å². The molecule has 0 aromatic heterocycles. The molecule has 0 atom stereocenters. The van der Waals surface area contributed by atoms with Gasteiger partial charge in [0.05, 0.1) is 0 Å². The third kappa shape index (κ3) is 3.35. The zero-order valence-electron chi connectivity index (χ0n) is 13.8. The van der Waals surface area contributed by atoms with Crippen molar-refractivity contribution in [2.75, 3.05) is 13.0 Å². The monoisotopic (exact) mass is 352 g/mol. The molecule has 0 saturated heterocycles. The first kappa shape index (κ1) is 16.0. The van der Waals surface area contributed by atoms with Crippen molar-refractivity contribution in [3.63, 3.8) is 0 Å². The van der Waals surface area contributed by atoms with E-state index in [4.69, 9.17) is 9.47 Å². The fourth-order valence-electron chi connectivity index (χ4n) is 3.04. The summed E-state index contributed by atoms with van der Waals surface area (Å²) < 4.78 is 24.6. The SMILES string of the molecule is CSc1ccc(-c2cc3c(cc2Cc2cccc(F)c2)OCO3)cc1. The zero-order chi connectivity index (χ0) is 17.2. The van der Waals surface area contributed by atoms with Crippen molar-refractivity contribution < 1.29 is 13.9 Å². The highest BCUT2D eigenvalue weighted by molar-refractivity contribution is 7.98. The Morgan fingerprint density at radius 1 is 0.960 bits per heavy atom. The van der Waals surface area contributed by atoms with Crippen LogP contribution in [0.1, 0.15) is 11.1 Å². The first-order chi connectivity index (χ1) is 12.2. The van der Waals surface area contributed by atoms with Crippen molar-refractivity contribution in [1.29, 1.82) is 0 Å². The summed E-state index contributed by atoms with van der Waals surface area (Å²) in [5.74, 6) is 1.28. The second kappa shape index (κ2) is 6.81. The highest BCUT2D eigenvalue weighted by atomic mass is 32.2. The van der Waals surface area contributed by atoms with Crippen LogP contribution in [-0.2, 0) is 6.42 Å². The topological polar surface area (TPSA) is 18.5 Å². The molecule has 1 aliphatic rings. The molecule has 0 fully saturated rings. The van der Waals surface area contributed by atoms with E-state index in [2.05, 4.69) is 30.5 Å². The Bertz CT molecular complexity index is 906. The average Bonchev–Trinajstić information content (AvgIpc) is 3.08. The van der Waals surface area contributed by atoms with Crippen LogP contribution in [-0.4, -0.2) is 13.0 Å². The molecule has 4 rings (SSSR count). The van der Waals surface area contributed by atoms with Crippen LogP contribution < -0.4 is 9.47 Å². The smallest absolute Gasteiger partial charge is 0.231 e. The Labute approximate surface area is 150 Å². The summed E-state index contributed by atoms with van der Waals surface area (Å²) in [5.41, 5.74) is 4.22. The Morgan fingerprint density at radius 2 is 1.72 bits per heavy atom. The standard InChI is InChI=1S/C21H17FO2S/c1-25-18-7-5-15(6-8-18)19-12-21-20(23-13-24-21)11-16(19)9-14-3-2-4-17(22)10-14/h2-8,10-12H,9,13H2,1H3. The number of halogens is 1. The number of rotatable bonds is 4. The molecule has 3 aromatic rings. The van der Waals surface area contributed by atoms with Crippen molar-refractivity contribution in [2.24, 2.45) is 0 Å². The second-order valence-corrected chi connectivity index (χ2v) is 6.78. The van der Waals surface area contributed by atoms with Crippen molar-refractivity contribution in [3.05, 3.63) is 77.6 Å². The van der Waals surface area contributed by atoms with Gasteiger partial charge in [-0.1, -0.05) is 24.3 Å². The van der Waals surface area contributed by atoms with Gasteiger partial charge in [0.25, 0.3) is 0 Å². The zero-order valence-corrected chi connectivity index (χ0v) is 14.6. The number of hydrogen-bond donors (Lipinski definition) is 0. The summed E-state index contributed by atoms with van der Waals surface area (Å²) >= 11 is 1.71. The maximum Gasteiger partial charge on any atom is 0.231 e. The average molecular weight is 352 g/mol. The van der Waals surface area contributed by atoms with E-state index in [9.17, 15) is 4.39 Å². The number of thioether (sulfide) groups is 1. The minimum Gasteiger partial charge on any atom is -0.454 e. The quantitative estimate of drug-likeness (QED) is 0.575. The molecule has 0 spiro atoms. The first-order valence-corrected chi connectivity index (χ1v) is 9.27. The molecule has 0 aliphatic carbocycles. The maximum atomic E-state index is 13.5. The van der Waals surface area contributed by atoms with E-state index in [0.717, 1.165) is 33.8 Å². The molecule has 0 radical (unpaired) electrons. The van der Waals surface area contributed by atoms with Gasteiger partial charge in [-0.2, -0.15) is 0 Å². The van der Waals surface area contributed by atoms with E-state index in [0.29, 0.717) is 6.42 Å². The van der Waals surface area contributed by atoms with Crippen LogP contribution in [0.4, 0.5) is 4.39 Å². The molecule has 1 aliphatic heterocycles. The third-order valence-electron chi connectivity index (χ3n) is 4.28. The van der Waals surface area contributed by atoms with Crippen LogP contribution in [0.15, 0.2) is 65.6 Å². The van der Waals surface area contributed by atoms with E-state index in [1.165, 1.54) is 11.0 Å². The molecule has 0 bridgehead atoms. The molecule has 2 nitrogen and oxygen atoms in total. The predicted octanol–water partition coefficient (Wildman–Crippen LogP) is 5.53. The van der Waals surface area contributed by atoms with Crippen molar-refractivity contribution >= 4 is 11.8 Å². The normalized spacial score (nSPS) is 12.4. The Kier molecular flexibility index (Phi) is 4.36. The Morgan fingerprint density at radius 3 is 2.44 bits per heavy atom. The highest BCUT2D eigenvalue weighted by Crippen LogP contribution is 2.39. The largest absolute Gasteiger partial charge is 0.454 e. The number of benzene rings is 3. The molecule has 3 aromatic carbocycles. The number of ether oxygens (including phenoxy) is 2. The molecule has 126 valence electrons. The molecule has 4 heteroatoms. The minimum absolute atomic E-state index is 0.218. The van der Waals surface area contributed by atoms with E-state index in [1.54, 1.807) is 23.9 Å². The van der Waals surface area contributed by atoms with Gasteiger partial charge in [-0.3, -0.25) is 0 Å². The maximum absolute atomic E-state index is 13.5. The predicted molar refractivity (Wildman–Crippen MR) is 99.0 cm³/mol. The minimum atomic E-state index is -0.218. The molecular weight excluding hydrogens is 335 g/mol. The lowest BCUT2D eigenvalue weighted by molar-refractivity contribution is 0.174. The van der Waals surface area contributed by atoms with E-state index in [-0.39, 0.29) is 12.6 Å². The molecule has 25 heavy (non-hydrogen) atoms. The van der Waals surface area contributed by atoms with E-state index in [1.807, 2.05) is 18.2 Å². The van der Waals surface area contributed by atoms with Crippen molar-refractivity contribution in [2.45, 2.75) is 11.3 Å². The second-order valence-electron chi connectivity index (χ2n) is 5.90. The van der Waals surface area contributed by atoms with Crippen molar-refractivity contribution in [3.8, 4) is 22.6 Å². The lowest BCUT2D eigenvalue weighted by Gasteiger charge is -2.12. The summed E-state index contributed by atoms with van der Waals surface area (Å²) in [5, 5.41) is 0. The summed E-state index contributed by atoms with van der Waals surface area (Å²) in [6.45, 7) is 0.240. The fraction of sp³-hybridized carbons (Fsp3) is 0.143. The van der Waals surface area contributed by atoms with Crippen LogP contribution in [0.3, 0.4) is 0 Å². The van der Waals surface area contributed by atoms with Gasteiger partial charge in [-0.15, -0.1) is 11.8 Å². The van der Waals surface area contributed by atoms with Crippen molar-refractivity contribution in [1.82, 2.24) is 0 Å². The lowest BCUT2D eigenvalue weighted by Crippen LogP contribution is -1.94. The fourth-order valence-corrected chi connectivity index (χ4v) is 3.44. The first-order valence-electron chi connectivity index (χ1n) is 8.04. The molecule has 0 saturated carbocycles. The molecule has 1 heterocycles. The van der Waals surface area contributed by atoms with Gasteiger partial charge in [0.2, 0.25) is 6.79 Å². The highest BCUT2D eigenvalue weighted by Gasteiger charge is 2.18. The van der Waals surface area contributed by atoms with Gasteiger partial charge in [0.15, 0.2) is 11.5 Å². The summed E-state index contributed by atoms with van der Waals surface area (Å²) in [4.78, 5) is 1.22. The molecular formula is C21H17FO2S. The van der Waals surface area contributed by atoms with Gasteiger partial charge in [-0.25, -0.2) is 4.39 Å². The van der Waals surface area contributed by atoms with Crippen LogP contribution in [0.25, 0.3) is 11.1 Å². The van der Waals surface area contributed by atoms with E-state index < -0.39 is 0 Å².